The average molecular weight is 321 g/mol. The number of aliphatic hydroxyl groups is 1. The normalized spacial score (nSPS) is 12.3. The first-order chi connectivity index (χ1) is 9.02. The monoisotopic (exact) mass is 320 g/mol. The lowest BCUT2D eigenvalue weighted by Crippen LogP contribution is -2.02. The van der Waals surface area contributed by atoms with Crippen LogP contribution in [0.5, 0.6) is 5.75 Å². The molecule has 0 aliphatic rings. The summed E-state index contributed by atoms with van der Waals surface area (Å²) in [5, 5.41) is 10.5. The van der Waals surface area contributed by atoms with Crippen molar-refractivity contribution in [3.63, 3.8) is 0 Å². The first-order valence-corrected chi connectivity index (χ1v) is 6.91. The molecule has 0 bridgehead atoms. The van der Waals surface area contributed by atoms with Crippen molar-refractivity contribution in [2.45, 2.75) is 20.0 Å². The molecule has 19 heavy (non-hydrogen) atoms. The highest BCUT2D eigenvalue weighted by molar-refractivity contribution is 9.10. The van der Waals surface area contributed by atoms with Gasteiger partial charge in [0.25, 0.3) is 0 Å². The summed E-state index contributed by atoms with van der Waals surface area (Å²) in [4.78, 5) is 0. The smallest absolute Gasteiger partial charge is 0.119 e. The van der Waals surface area contributed by atoms with Gasteiger partial charge in [-0.05, 0) is 54.3 Å². The van der Waals surface area contributed by atoms with E-state index in [1.165, 1.54) is 0 Å². The lowest BCUT2D eigenvalue weighted by molar-refractivity contribution is 0.219. The minimum absolute atomic E-state index is 0.613. The lowest BCUT2D eigenvalue weighted by atomic mass is 9.96. The molecule has 0 radical (unpaired) electrons. The fourth-order valence-corrected chi connectivity index (χ4v) is 2.35. The zero-order chi connectivity index (χ0) is 14.0. The van der Waals surface area contributed by atoms with Gasteiger partial charge in [-0.1, -0.05) is 34.1 Å². The maximum atomic E-state index is 10.5. The Labute approximate surface area is 122 Å². The van der Waals surface area contributed by atoms with Gasteiger partial charge in [0.05, 0.1) is 7.11 Å². The molecule has 0 fully saturated rings. The SMILES string of the molecule is COc1ccc(C(O)c2ccc(Br)c(C)c2)c(C)c1. The molecule has 2 rings (SSSR count). The molecule has 0 spiro atoms. The first kappa shape index (κ1) is 14.1. The van der Waals surface area contributed by atoms with Crippen LogP contribution in [0.4, 0.5) is 0 Å². The number of benzene rings is 2. The van der Waals surface area contributed by atoms with Crippen LogP contribution in [0.15, 0.2) is 40.9 Å². The molecule has 0 aliphatic heterocycles. The number of hydrogen-bond acceptors (Lipinski definition) is 2. The van der Waals surface area contributed by atoms with E-state index in [9.17, 15) is 5.11 Å². The summed E-state index contributed by atoms with van der Waals surface area (Å²) in [6, 6.07) is 11.6. The number of rotatable bonds is 3. The van der Waals surface area contributed by atoms with E-state index in [0.29, 0.717) is 0 Å². The topological polar surface area (TPSA) is 29.5 Å². The maximum absolute atomic E-state index is 10.5. The van der Waals surface area contributed by atoms with Crippen LogP contribution in [0.3, 0.4) is 0 Å². The van der Waals surface area contributed by atoms with E-state index in [1.807, 2.05) is 50.2 Å². The molecule has 0 saturated carbocycles. The molecule has 1 N–H and O–H groups in total. The minimum Gasteiger partial charge on any atom is -0.497 e. The quantitative estimate of drug-likeness (QED) is 0.920. The van der Waals surface area contributed by atoms with Crippen molar-refractivity contribution in [3.8, 4) is 5.75 Å². The Morgan fingerprint density at radius 3 is 2.37 bits per heavy atom. The predicted octanol–water partition coefficient (Wildman–Crippen LogP) is 4.16. The van der Waals surface area contributed by atoms with Gasteiger partial charge in [-0.15, -0.1) is 0 Å². The van der Waals surface area contributed by atoms with Gasteiger partial charge in [0, 0.05) is 4.47 Å². The molecule has 0 aliphatic carbocycles. The van der Waals surface area contributed by atoms with Crippen molar-refractivity contribution in [2.24, 2.45) is 0 Å². The number of halogens is 1. The summed E-state index contributed by atoms with van der Waals surface area (Å²) in [5.74, 6) is 0.806. The lowest BCUT2D eigenvalue weighted by Gasteiger charge is -2.16. The fourth-order valence-electron chi connectivity index (χ4n) is 2.10. The Balaban J connectivity index is 2.38. The molecule has 100 valence electrons. The third kappa shape index (κ3) is 2.99. The fraction of sp³-hybridized carbons (Fsp3) is 0.250. The molecule has 2 aromatic rings. The summed E-state index contributed by atoms with van der Waals surface area (Å²) >= 11 is 3.47. The van der Waals surface area contributed by atoms with Crippen LogP contribution in [0.25, 0.3) is 0 Å². The van der Waals surface area contributed by atoms with E-state index >= 15 is 0 Å². The second-order valence-electron chi connectivity index (χ2n) is 4.63. The van der Waals surface area contributed by atoms with E-state index in [-0.39, 0.29) is 0 Å². The van der Waals surface area contributed by atoms with Crippen LogP contribution >= 0.6 is 15.9 Å². The summed E-state index contributed by atoms with van der Waals surface area (Å²) in [6.07, 6.45) is -0.613. The Hall–Kier alpha value is -1.32. The number of aryl methyl sites for hydroxylation is 2. The van der Waals surface area contributed by atoms with Crippen LogP contribution < -0.4 is 4.74 Å². The highest BCUT2D eigenvalue weighted by Crippen LogP contribution is 2.29. The van der Waals surface area contributed by atoms with E-state index in [0.717, 1.165) is 32.5 Å². The van der Waals surface area contributed by atoms with E-state index in [2.05, 4.69) is 15.9 Å². The Kier molecular flexibility index (Phi) is 4.27. The second kappa shape index (κ2) is 5.76. The van der Waals surface area contributed by atoms with Gasteiger partial charge in [0.1, 0.15) is 11.9 Å². The third-order valence-electron chi connectivity index (χ3n) is 3.27. The molecule has 0 amide bonds. The standard InChI is InChI=1S/C16H17BrO2/c1-10-9-13(19-3)5-6-14(10)16(18)12-4-7-15(17)11(2)8-12/h4-9,16,18H,1-3H3. The van der Waals surface area contributed by atoms with Crippen molar-refractivity contribution in [1.29, 1.82) is 0 Å². The molecular weight excluding hydrogens is 304 g/mol. The number of methoxy groups -OCH3 is 1. The highest BCUT2D eigenvalue weighted by atomic mass is 79.9. The molecule has 3 heteroatoms. The molecule has 0 aromatic heterocycles. The zero-order valence-electron chi connectivity index (χ0n) is 11.3. The third-order valence-corrected chi connectivity index (χ3v) is 4.16. The average Bonchev–Trinajstić information content (AvgIpc) is 2.41. The van der Waals surface area contributed by atoms with Gasteiger partial charge >= 0.3 is 0 Å². The molecule has 1 unspecified atom stereocenters. The van der Waals surface area contributed by atoms with Crippen molar-refractivity contribution in [1.82, 2.24) is 0 Å². The Morgan fingerprint density at radius 2 is 1.79 bits per heavy atom. The Morgan fingerprint density at radius 1 is 1.05 bits per heavy atom. The van der Waals surface area contributed by atoms with Gasteiger partial charge in [0.15, 0.2) is 0 Å². The van der Waals surface area contributed by atoms with Gasteiger partial charge in [-0.25, -0.2) is 0 Å². The number of hydrogen-bond donors (Lipinski definition) is 1. The summed E-state index contributed by atoms with van der Waals surface area (Å²) in [6.45, 7) is 3.99. The van der Waals surface area contributed by atoms with E-state index in [4.69, 9.17) is 4.74 Å². The van der Waals surface area contributed by atoms with Crippen LogP contribution in [0.1, 0.15) is 28.4 Å². The molecule has 0 heterocycles. The van der Waals surface area contributed by atoms with Crippen molar-refractivity contribution in [2.75, 3.05) is 7.11 Å². The van der Waals surface area contributed by atoms with Gasteiger partial charge < -0.3 is 9.84 Å². The predicted molar refractivity (Wildman–Crippen MR) is 80.7 cm³/mol. The van der Waals surface area contributed by atoms with E-state index in [1.54, 1.807) is 7.11 Å². The summed E-state index contributed by atoms with van der Waals surface area (Å²) < 4.78 is 6.23. The summed E-state index contributed by atoms with van der Waals surface area (Å²) in [7, 11) is 1.64. The van der Waals surface area contributed by atoms with Crippen molar-refractivity contribution in [3.05, 3.63) is 63.1 Å². The second-order valence-corrected chi connectivity index (χ2v) is 5.49. The first-order valence-electron chi connectivity index (χ1n) is 6.11. The van der Waals surface area contributed by atoms with Crippen LogP contribution in [-0.2, 0) is 0 Å². The van der Waals surface area contributed by atoms with Crippen molar-refractivity contribution >= 4 is 15.9 Å². The molecule has 1 atom stereocenters. The zero-order valence-corrected chi connectivity index (χ0v) is 12.9. The Bertz CT molecular complexity index is 593. The minimum atomic E-state index is -0.613. The molecule has 2 aromatic carbocycles. The molecular formula is C16H17BrO2. The van der Waals surface area contributed by atoms with Crippen LogP contribution in [-0.4, -0.2) is 12.2 Å². The van der Waals surface area contributed by atoms with Gasteiger partial charge in [0.2, 0.25) is 0 Å². The summed E-state index contributed by atoms with van der Waals surface area (Å²) in [5.41, 5.74) is 3.94. The molecule has 2 nitrogen and oxygen atoms in total. The van der Waals surface area contributed by atoms with E-state index < -0.39 is 6.10 Å². The van der Waals surface area contributed by atoms with Crippen molar-refractivity contribution < 1.29 is 9.84 Å². The largest absolute Gasteiger partial charge is 0.497 e. The van der Waals surface area contributed by atoms with Crippen LogP contribution in [0, 0.1) is 13.8 Å². The molecule has 0 saturated heterocycles. The number of ether oxygens (including phenoxy) is 1. The van der Waals surface area contributed by atoms with Crippen LogP contribution in [0.2, 0.25) is 0 Å². The van der Waals surface area contributed by atoms with Gasteiger partial charge in [-0.3, -0.25) is 0 Å². The highest BCUT2D eigenvalue weighted by Gasteiger charge is 2.14. The number of aliphatic hydroxyl groups excluding tert-OH is 1. The van der Waals surface area contributed by atoms with Gasteiger partial charge in [-0.2, -0.15) is 0 Å². The maximum Gasteiger partial charge on any atom is 0.119 e.